The molecule has 0 saturated carbocycles. The van der Waals surface area contributed by atoms with Gasteiger partial charge in [-0.05, 0) is 6.42 Å². The number of hydrogen-bond acceptors (Lipinski definition) is 5. The average Bonchev–Trinajstić information content (AvgIpc) is 2.33. The van der Waals surface area contributed by atoms with Crippen LogP contribution in [0.5, 0.6) is 0 Å². The number of carboxylic acid groups (broad SMARTS) is 3. The van der Waals surface area contributed by atoms with Crippen molar-refractivity contribution < 1.29 is 39.3 Å². The highest BCUT2D eigenvalue weighted by atomic mass is 16.4. The van der Waals surface area contributed by atoms with Crippen molar-refractivity contribution in [2.24, 2.45) is 0 Å². The first-order valence-corrected chi connectivity index (χ1v) is 5.96. The molecule has 0 radical (unpaired) electrons. The van der Waals surface area contributed by atoms with Gasteiger partial charge in [0.1, 0.15) is 0 Å². The van der Waals surface area contributed by atoms with Crippen LogP contribution in [0.3, 0.4) is 0 Å². The topological polar surface area (TPSA) is 158 Å². The molecule has 122 valence electrons. The quantitative estimate of drug-likeness (QED) is 0.504. The van der Waals surface area contributed by atoms with E-state index in [-0.39, 0.29) is 18.7 Å². The van der Waals surface area contributed by atoms with Crippen LogP contribution in [0.2, 0.25) is 0 Å². The summed E-state index contributed by atoms with van der Waals surface area (Å²) in [7, 11) is 0. The molecule has 1 amide bonds. The van der Waals surface area contributed by atoms with Gasteiger partial charge >= 0.3 is 11.9 Å². The van der Waals surface area contributed by atoms with Crippen molar-refractivity contribution in [3.05, 3.63) is 0 Å². The fraction of sp³-hybridized carbons (Fsp3) is 0.583. The third kappa shape index (κ3) is 38.1. The zero-order valence-electron chi connectivity index (χ0n) is 12.2. The van der Waals surface area contributed by atoms with E-state index in [1.165, 1.54) is 0 Å². The van der Waals surface area contributed by atoms with Gasteiger partial charge in [0.2, 0.25) is 11.7 Å². The molecular formula is C12H21NO8. The van der Waals surface area contributed by atoms with Crippen molar-refractivity contribution in [1.29, 1.82) is 0 Å². The Morgan fingerprint density at radius 3 is 1.52 bits per heavy atom. The third-order valence-corrected chi connectivity index (χ3v) is 1.44. The van der Waals surface area contributed by atoms with Crippen LogP contribution in [-0.4, -0.2) is 51.5 Å². The molecule has 9 nitrogen and oxygen atoms in total. The van der Waals surface area contributed by atoms with Crippen molar-refractivity contribution in [2.75, 3.05) is 6.54 Å². The smallest absolute Gasteiger partial charge is 0.371 e. The molecule has 21 heavy (non-hydrogen) atoms. The maximum absolute atomic E-state index is 10.7. The van der Waals surface area contributed by atoms with E-state index in [1.807, 2.05) is 6.92 Å². The summed E-state index contributed by atoms with van der Waals surface area (Å²) in [5.74, 6) is -4.16. The van der Waals surface area contributed by atoms with Crippen molar-refractivity contribution in [2.45, 2.75) is 40.0 Å². The lowest BCUT2D eigenvalue weighted by molar-refractivity contribution is -0.148. The van der Waals surface area contributed by atoms with E-state index < -0.39 is 23.7 Å². The molecule has 0 aromatic carbocycles. The number of amides is 1. The van der Waals surface area contributed by atoms with Crippen molar-refractivity contribution in [1.82, 2.24) is 5.32 Å². The molecule has 0 spiro atoms. The highest BCUT2D eigenvalue weighted by Gasteiger charge is 2.02. The first-order chi connectivity index (χ1) is 9.54. The zero-order valence-corrected chi connectivity index (χ0v) is 12.2. The number of hydrogen-bond donors (Lipinski definition) is 4. The number of carboxylic acids is 3. The van der Waals surface area contributed by atoms with Gasteiger partial charge in [-0.2, -0.15) is 0 Å². The predicted octanol–water partition coefficient (Wildman–Crippen LogP) is 0.128. The molecule has 0 fully saturated rings. The molecule has 0 atom stereocenters. The highest BCUT2D eigenvalue weighted by Crippen LogP contribution is 1.87. The van der Waals surface area contributed by atoms with Crippen LogP contribution in [0.1, 0.15) is 40.0 Å². The van der Waals surface area contributed by atoms with E-state index >= 15 is 0 Å². The van der Waals surface area contributed by atoms with E-state index in [1.54, 1.807) is 0 Å². The van der Waals surface area contributed by atoms with Gasteiger partial charge in [-0.25, -0.2) is 4.79 Å². The Morgan fingerprint density at radius 1 is 0.905 bits per heavy atom. The standard InChI is InChI=1S/C7H13NO3.C3H4O3.C2H4O2/c1-2-5-8-6(9)3-4-7(10)11;1-2(4)3(5)6;1-2(3)4/h2-5H2,1H3,(H,8,9)(H,10,11);1H3,(H,5,6);1H3,(H,3,4). The number of rotatable bonds is 6. The Kier molecular flexibility index (Phi) is 17.6. The summed E-state index contributed by atoms with van der Waals surface area (Å²) in [5.41, 5.74) is 0. The number of ketones is 1. The maximum Gasteiger partial charge on any atom is 0.371 e. The normalized spacial score (nSPS) is 8.14. The number of carbonyl (C=O) groups is 5. The van der Waals surface area contributed by atoms with Crippen LogP contribution in [0.4, 0.5) is 0 Å². The van der Waals surface area contributed by atoms with Gasteiger partial charge in [0.15, 0.2) is 0 Å². The minimum Gasteiger partial charge on any atom is -0.481 e. The Bertz CT molecular complexity index is 348. The second kappa shape index (κ2) is 15.6. The molecule has 0 rings (SSSR count). The molecule has 4 N–H and O–H groups in total. The number of nitrogens with one attached hydrogen (secondary N) is 1. The molecule has 0 aliphatic heterocycles. The van der Waals surface area contributed by atoms with E-state index in [0.29, 0.717) is 6.54 Å². The Morgan fingerprint density at radius 2 is 1.29 bits per heavy atom. The summed E-state index contributed by atoms with van der Waals surface area (Å²) >= 11 is 0. The van der Waals surface area contributed by atoms with Crippen molar-refractivity contribution in [3.63, 3.8) is 0 Å². The first kappa shape index (κ1) is 23.6. The molecule has 0 aliphatic rings. The van der Waals surface area contributed by atoms with Crippen LogP contribution >= 0.6 is 0 Å². The molecule has 0 aliphatic carbocycles. The Hall–Kier alpha value is -2.45. The number of carbonyl (C=O) groups excluding carboxylic acids is 2. The molecule has 9 heteroatoms. The lowest BCUT2D eigenvalue weighted by atomic mass is 10.3. The van der Waals surface area contributed by atoms with Crippen molar-refractivity contribution >= 4 is 29.6 Å². The summed E-state index contributed by atoms with van der Waals surface area (Å²) in [5, 5.41) is 25.9. The molecule has 0 heterocycles. The van der Waals surface area contributed by atoms with Gasteiger partial charge in [0.05, 0.1) is 6.42 Å². The fourth-order valence-corrected chi connectivity index (χ4v) is 0.573. The number of aliphatic carboxylic acids is 3. The van der Waals surface area contributed by atoms with E-state index in [9.17, 15) is 19.2 Å². The lowest BCUT2D eigenvalue weighted by Gasteiger charge is -1.99. The van der Waals surface area contributed by atoms with Crippen LogP contribution in [0.15, 0.2) is 0 Å². The minimum atomic E-state index is -1.38. The van der Waals surface area contributed by atoms with Gasteiger partial charge in [-0.15, -0.1) is 0 Å². The third-order valence-electron chi connectivity index (χ3n) is 1.44. The first-order valence-electron chi connectivity index (χ1n) is 5.96. The number of Topliss-reactive ketones (excluding diaryl/α,β-unsaturated/α-hetero) is 1. The Balaban J connectivity index is -0.000000272. The maximum atomic E-state index is 10.7. The molecule has 0 aromatic heterocycles. The van der Waals surface area contributed by atoms with Crippen LogP contribution in [-0.2, 0) is 24.0 Å². The van der Waals surface area contributed by atoms with E-state index in [4.69, 9.17) is 20.1 Å². The largest absolute Gasteiger partial charge is 0.481 e. The van der Waals surface area contributed by atoms with Crippen LogP contribution < -0.4 is 5.32 Å². The molecule has 0 unspecified atom stereocenters. The van der Waals surface area contributed by atoms with Crippen LogP contribution in [0.25, 0.3) is 0 Å². The lowest BCUT2D eigenvalue weighted by Crippen LogP contribution is -2.24. The van der Waals surface area contributed by atoms with E-state index in [0.717, 1.165) is 20.3 Å². The summed E-state index contributed by atoms with van der Waals surface area (Å²) in [6.45, 7) is 4.65. The summed E-state index contributed by atoms with van der Waals surface area (Å²) in [6, 6.07) is 0. The monoisotopic (exact) mass is 307 g/mol. The zero-order chi connectivity index (χ0) is 17.4. The van der Waals surface area contributed by atoms with Crippen LogP contribution in [0, 0.1) is 0 Å². The van der Waals surface area contributed by atoms with E-state index in [2.05, 4.69) is 5.32 Å². The second-order valence-corrected chi connectivity index (χ2v) is 3.62. The van der Waals surface area contributed by atoms with Gasteiger partial charge < -0.3 is 20.6 Å². The summed E-state index contributed by atoms with van der Waals surface area (Å²) < 4.78 is 0. The van der Waals surface area contributed by atoms with Gasteiger partial charge in [0.25, 0.3) is 5.97 Å². The van der Waals surface area contributed by atoms with Gasteiger partial charge in [-0.1, -0.05) is 6.92 Å². The molecule has 0 saturated heterocycles. The molecule has 0 bridgehead atoms. The molecular weight excluding hydrogens is 286 g/mol. The van der Waals surface area contributed by atoms with Crippen molar-refractivity contribution in [3.8, 4) is 0 Å². The second-order valence-electron chi connectivity index (χ2n) is 3.62. The SMILES string of the molecule is CC(=O)C(=O)O.CC(=O)O.CCCNC(=O)CCC(=O)O. The summed E-state index contributed by atoms with van der Waals surface area (Å²) in [4.78, 5) is 48.6. The average molecular weight is 307 g/mol. The van der Waals surface area contributed by atoms with Gasteiger partial charge in [-0.3, -0.25) is 19.2 Å². The highest BCUT2D eigenvalue weighted by molar-refractivity contribution is 6.31. The minimum absolute atomic E-state index is 0.0787. The molecule has 0 aromatic rings. The summed E-state index contributed by atoms with van der Waals surface area (Å²) in [6.07, 6.45) is 0.865. The Labute approximate surface area is 122 Å². The fourth-order valence-electron chi connectivity index (χ4n) is 0.573. The predicted molar refractivity (Wildman–Crippen MR) is 71.8 cm³/mol. The van der Waals surface area contributed by atoms with Gasteiger partial charge in [0, 0.05) is 26.8 Å².